The van der Waals surface area contributed by atoms with Crippen molar-refractivity contribution in [3.8, 4) is 0 Å². The predicted octanol–water partition coefficient (Wildman–Crippen LogP) is 3.61. The first-order valence-corrected chi connectivity index (χ1v) is 4.34. The van der Waals surface area contributed by atoms with E-state index in [1.54, 1.807) is 6.92 Å². The van der Waals surface area contributed by atoms with E-state index in [-0.39, 0.29) is 0 Å². The Labute approximate surface area is 67.0 Å². The summed E-state index contributed by atoms with van der Waals surface area (Å²) in [5.41, 5.74) is -0.717. The lowest BCUT2D eigenvalue weighted by Gasteiger charge is -2.38. The molecule has 1 aliphatic rings. The van der Waals surface area contributed by atoms with Crippen molar-refractivity contribution in [2.24, 2.45) is 5.41 Å². The van der Waals surface area contributed by atoms with Crippen molar-refractivity contribution < 1.29 is 8.78 Å². The minimum atomic E-state index is -2.49. The molecule has 0 spiro atoms. The lowest BCUT2D eigenvalue weighted by Crippen LogP contribution is -2.37. The topological polar surface area (TPSA) is 0 Å². The average molecular weight is 162 g/mol. The molecule has 1 aliphatic carbocycles. The molecular weight excluding hydrogens is 146 g/mol. The van der Waals surface area contributed by atoms with Gasteiger partial charge in [-0.25, -0.2) is 8.78 Å². The molecule has 1 saturated carbocycles. The fourth-order valence-electron chi connectivity index (χ4n) is 1.77. The van der Waals surface area contributed by atoms with Crippen molar-refractivity contribution in [1.29, 1.82) is 0 Å². The first kappa shape index (κ1) is 8.95. The van der Waals surface area contributed by atoms with Gasteiger partial charge in [0.25, 0.3) is 5.92 Å². The van der Waals surface area contributed by atoms with E-state index in [2.05, 4.69) is 0 Å². The molecule has 0 amide bonds. The Balaban J connectivity index is 2.64. The number of hydrogen-bond acceptors (Lipinski definition) is 0. The van der Waals surface area contributed by atoms with E-state index >= 15 is 0 Å². The Kier molecular flexibility index (Phi) is 2.22. The summed E-state index contributed by atoms with van der Waals surface area (Å²) in [5, 5.41) is 0. The van der Waals surface area contributed by atoms with E-state index < -0.39 is 11.3 Å². The molecular formula is C9H16F2. The van der Waals surface area contributed by atoms with E-state index in [4.69, 9.17) is 0 Å². The van der Waals surface area contributed by atoms with E-state index in [9.17, 15) is 8.78 Å². The lowest BCUT2D eigenvalue weighted by atomic mass is 9.72. The van der Waals surface area contributed by atoms with Crippen LogP contribution < -0.4 is 0 Å². The lowest BCUT2D eigenvalue weighted by molar-refractivity contribution is -0.114. The second-order valence-corrected chi connectivity index (χ2v) is 4.01. The summed E-state index contributed by atoms with van der Waals surface area (Å²) in [4.78, 5) is 0. The third-order valence-corrected chi connectivity index (χ3v) is 3.02. The van der Waals surface area contributed by atoms with Gasteiger partial charge in [-0.05, 0) is 19.8 Å². The van der Waals surface area contributed by atoms with Crippen molar-refractivity contribution in [1.82, 2.24) is 0 Å². The molecule has 0 N–H and O–H groups in total. The van der Waals surface area contributed by atoms with Gasteiger partial charge in [0.15, 0.2) is 0 Å². The average Bonchev–Trinajstić information content (AvgIpc) is 1.87. The molecule has 0 unspecified atom stereocenters. The monoisotopic (exact) mass is 162 g/mol. The number of rotatable bonds is 1. The highest BCUT2D eigenvalue weighted by molar-refractivity contribution is 4.88. The van der Waals surface area contributed by atoms with Gasteiger partial charge in [0.2, 0.25) is 0 Å². The van der Waals surface area contributed by atoms with Gasteiger partial charge in [-0.2, -0.15) is 0 Å². The Bertz CT molecular complexity index is 129. The van der Waals surface area contributed by atoms with Crippen molar-refractivity contribution >= 4 is 0 Å². The van der Waals surface area contributed by atoms with Crippen LogP contribution in [0.3, 0.4) is 0 Å². The van der Waals surface area contributed by atoms with E-state index in [1.807, 2.05) is 0 Å². The Morgan fingerprint density at radius 2 is 1.55 bits per heavy atom. The third kappa shape index (κ3) is 1.71. The summed E-state index contributed by atoms with van der Waals surface area (Å²) in [6, 6.07) is 0. The highest BCUT2D eigenvalue weighted by Gasteiger charge is 2.45. The second-order valence-electron chi connectivity index (χ2n) is 4.01. The molecule has 2 heteroatoms. The number of alkyl halides is 2. The van der Waals surface area contributed by atoms with Gasteiger partial charge in [0.05, 0.1) is 0 Å². The van der Waals surface area contributed by atoms with E-state index in [0.717, 1.165) is 26.2 Å². The first-order chi connectivity index (χ1) is 4.96. The molecule has 0 saturated heterocycles. The molecule has 0 nitrogen and oxygen atoms in total. The normalized spacial score (nSPS) is 25.1. The molecule has 0 aromatic carbocycles. The molecule has 11 heavy (non-hydrogen) atoms. The molecule has 0 aromatic heterocycles. The van der Waals surface area contributed by atoms with Crippen molar-refractivity contribution in [2.45, 2.75) is 51.9 Å². The molecule has 1 rings (SSSR count). The highest BCUT2D eigenvalue weighted by atomic mass is 19.3. The predicted molar refractivity (Wildman–Crippen MR) is 41.8 cm³/mol. The number of hydrogen-bond donors (Lipinski definition) is 0. The highest BCUT2D eigenvalue weighted by Crippen LogP contribution is 2.47. The number of halogens is 2. The summed E-state index contributed by atoms with van der Waals surface area (Å²) in [7, 11) is 0. The van der Waals surface area contributed by atoms with Crippen LogP contribution in [0.2, 0.25) is 0 Å². The maximum atomic E-state index is 13.0. The molecule has 0 aliphatic heterocycles. The molecule has 66 valence electrons. The van der Waals surface area contributed by atoms with Gasteiger partial charge in [-0.15, -0.1) is 0 Å². The molecule has 0 heterocycles. The standard InChI is InChI=1S/C9H16F2/c1-8(9(2,10)11)6-4-3-5-7-8/h3-7H2,1-2H3. The van der Waals surface area contributed by atoms with Crippen LogP contribution in [0.1, 0.15) is 46.0 Å². The molecule has 0 aromatic rings. The van der Waals surface area contributed by atoms with Gasteiger partial charge < -0.3 is 0 Å². The van der Waals surface area contributed by atoms with Crippen molar-refractivity contribution in [3.05, 3.63) is 0 Å². The summed E-state index contributed by atoms with van der Waals surface area (Å²) < 4.78 is 26.0. The van der Waals surface area contributed by atoms with Crippen molar-refractivity contribution in [2.75, 3.05) is 0 Å². The zero-order valence-electron chi connectivity index (χ0n) is 7.29. The van der Waals surface area contributed by atoms with Crippen LogP contribution in [-0.4, -0.2) is 5.92 Å². The summed E-state index contributed by atoms with van der Waals surface area (Å²) >= 11 is 0. The van der Waals surface area contributed by atoms with Crippen LogP contribution in [-0.2, 0) is 0 Å². The van der Waals surface area contributed by atoms with Gasteiger partial charge >= 0.3 is 0 Å². The van der Waals surface area contributed by atoms with Gasteiger partial charge in [0.1, 0.15) is 0 Å². The van der Waals surface area contributed by atoms with E-state index in [1.165, 1.54) is 0 Å². The fraction of sp³-hybridized carbons (Fsp3) is 1.00. The Hall–Kier alpha value is -0.140. The van der Waals surface area contributed by atoms with Gasteiger partial charge in [0, 0.05) is 5.41 Å². The minimum Gasteiger partial charge on any atom is -0.207 e. The third-order valence-electron chi connectivity index (χ3n) is 3.02. The quantitative estimate of drug-likeness (QED) is 0.552. The van der Waals surface area contributed by atoms with Crippen LogP contribution >= 0.6 is 0 Å². The van der Waals surface area contributed by atoms with E-state index in [0.29, 0.717) is 12.8 Å². The summed E-state index contributed by atoms with van der Waals surface area (Å²) in [6.45, 7) is 2.77. The van der Waals surface area contributed by atoms with Crippen LogP contribution in [0, 0.1) is 5.41 Å². The maximum absolute atomic E-state index is 13.0. The van der Waals surface area contributed by atoms with Gasteiger partial charge in [-0.3, -0.25) is 0 Å². The summed E-state index contributed by atoms with van der Waals surface area (Å²) in [6.07, 6.45) is 4.46. The second kappa shape index (κ2) is 2.72. The van der Waals surface area contributed by atoms with Crippen LogP contribution in [0.25, 0.3) is 0 Å². The smallest absolute Gasteiger partial charge is 0.207 e. The first-order valence-electron chi connectivity index (χ1n) is 4.34. The fourth-order valence-corrected chi connectivity index (χ4v) is 1.77. The minimum absolute atomic E-state index is 0.691. The maximum Gasteiger partial charge on any atom is 0.250 e. The SMILES string of the molecule is CC(F)(F)C1(C)CCCCC1. The largest absolute Gasteiger partial charge is 0.250 e. The van der Waals surface area contributed by atoms with Crippen LogP contribution in [0.5, 0.6) is 0 Å². The molecule has 0 atom stereocenters. The summed E-state index contributed by atoms with van der Waals surface area (Å²) in [5.74, 6) is -2.49. The molecule has 1 fully saturated rings. The Morgan fingerprint density at radius 3 is 1.82 bits per heavy atom. The molecule has 0 radical (unpaired) electrons. The molecule has 0 bridgehead atoms. The van der Waals surface area contributed by atoms with Crippen LogP contribution in [0.15, 0.2) is 0 Å². The van der Waals surface area contributed by atoms with Crippen LogP contribution in [0.4, 0.5) is 8.78 Å². The Morgan fingerprint density at radius 1 is 1.09 bits per heavy atom. The van der Waals surface area contributed by atoms with Gasteiger partial charge in [-0.1, -0.05) is 26.2 Å². The zero-order valence-corrected chi connectivity index (χ0v) is 7.29. The zero-order chi connectivity index (χ0) is 8.54. The van der Waals surface area contributed by atoms with Crippen molar-refractivity contribution in [3.63, 3.8) is 0 Å².